The van der Waals surface area contributed by atoms with Gasteiger partial charge in [-0.1, -0.05) is 25.1 Å². The smallest absolute Gasteiger partial charge is 0.224 e. The highest BCUT2D eigenvalue weighted by Gasteiger charge is 2.38. The molecule has 1 amide bonds. The van der Waals surface area contributed by atoms with E-state index >= 15 is 0 Å². The number of anilines is 2. The summed E-state index contributed by atoms with van der Waals surface area (Å²) < 4.78 is 0. The molecule has 0 aliphatic carbocycles. The maximum absolute atomic E-state index is 12.1. The van der Waals surface area contributed by atoms with E-state index in [0.29, 0.717) is 5.92 Å². The third-order valence-electron chi connectivity index (χ3n) is 4.56. The Bertz CT molecular complexity index is 671. The molecule has 3 unspecified atom stereocenters. The van der Waals surface area contributed by atoms with E-state index < -0.39 is 0 Å². The van der Waals surface area contributed by atoms with Gasteiger partial charge < -0.3 is 10.2 Å². The van der Waals surface area contributed by atoms with E-state index in [1.54, 1.807) is 19.3 Å². The molecule has 1 N–H and O–H groups in total. The van der Waals surface area contributed by atoms with E-state index in [-0.39, 0.29) is 18.0 Å². The predicted octanol–water partition coefficient (Wildman–Crippen LogP) is 3.63. The number of carbonyl (C=O) groups excluding carboxylic acids is 1. The van der Waals surface area contributed by atoms with Crippen molar-refractivity contribution in [2.75, 3.05) is 10.2 Å². The highest BCUT2D eigenvalue weighted by Crippen LogP contribution is 2.41. The van der Waals surface area contributed by atoms with E-state index in [0.717, 1.165) is 16.9 Å². The van der Waals surface area contributed by atoms with E-state index in [1.165, 1.54) is 0 Å². The summed E-state index contributed by atoms with van der Waals surface area (Å²) >= 11 is 0. The van der Waals surface area contributed by atoms with E-state index in [4.69, 9.17) is 0 Å². The molecule has 2 aromatic rings. The largest absolute Gasteiger partial charge is 0.378 e. The number of hydrogen-bond donors (Lipinski definition) is 1. The van der Waals surface area contributed by atoms with Gasteiger partial charge in [-0.3, -0.25) is 9.78 Å². The standard InChI is InChI=1S/C18H21N3O/c1-12-13(2)21(14(3)22)17-11-19-10-9-16(17)18(12)20-15-7-5-4-6-8-15/h4-13,18,20H,1-3H3. The summed E-state index contributed by atoms with van der Waals surface area (Å²) in [6, 6.07) is 12.5. The van der Waals surface area contributed by atoms with Crippen molar-refractivity contribution in [3.63, 3.8) is 0 Å². The van der Waals surface area contributed by atoms with Crippen LogP contribution in [0.2, 0.25) is 0 Å². The van der Waals surface area contributed by atoms with Crippen molar-refractivity contribution in [3.05, 3.63) is 54.4 Å². The van der Waals surface area contributed by atoms with E-state index in [9.17, 15) is 4.79 Å². The van der Waals surface area contributed by atoms with Crippen molar-refractivity contribution in [1.29, 1.82) is 0 Å². The highest BCUT2D eigenvalue weighted by atomic mass is 16.2. The first-order valence-corrected chi connectivity index (χ1v) is 7.65. The number of amides is 1. The summed E-state index contributed by atoms with van der Waals surface area (Å²) in [5, 5.41) is 3.61. The van der Waals surface area contributed by atoms with Crippen molar-refractivity contribution < 1.29 is 4.79 Å². The summed E-state index contributed by atoms with van der Waals surface area (Å²) in [5.74, 6) is 0.353. The summed E-state index contributed by atoms with van der Waals surface area (Å²) in [7, 11) is 0. The molecule has 114 valence electrons. The zero-order valence-electron chi connectivity index (χ0n) is 13.2. The second-order valence-electron chi connectivity index (χ2n) is 5.91. The van der Waals surface area contributed by atoms with Crippen LogP contribution in [0.3, 0.4) is 0 Å². The summed E-state index contributed by atoms with van der Waals surface area (Å²) in [4.78, 5) is 18.1. The Balaban J connectivity index is 2.03. The lowest BCUT2D eigenvalue weighted by Gasteiger charge is -2.43. The molecule has 3 atom stereocenters. The number of nitrogens with one attached hydrogen (secondary N) is 1. The fourth-order valence-corrected chi connectivity index (χ4v) is 3.26. The lowest BCUT2D eigenvalue weighted by Crippen LogP contribution is -2.48. The number of nitrogens with zero attached hydrogens (tertiary/aromatic N) is 2. The van der Waals surface area contributed by atoms with Gasteiger partial charge >= 0.3 is 0 Å². The van der Waals surface area contributed by atoms with Crippen LogP contribution in [0.15, 0.2) is 48.8 Å². The molecule has 2 heterocycles. The van der Waals surface area contributed by atoms with Crippen LogP contribution in [0.5, 0.6) is 0 Å². The van der Waals surface area contributed by atoms with Gasteiger partial charge in [0.15, 0.2) is 0 Å². The van der Waals surface area contributed by atoms with Gasteiger partial charge in [-0.2, -0.15) is 0 Å². The molecule has 0 spiro atoms. The first-order chi connectivity index (χ1) is 10.6. The second kappa shape index (κ2) is 5.79. The van der Waals surface area contributed by atoms with Crippen LogP contribution in [0, 0.1) is 5.92 Å². The Morgan fingerprint density at radius 1 is 1.18 bits per heavy atom. The number of para-hydroxylation sites is 1. The number of fused-ring (bicyclic) bond motifs is 1. The number of pyridine rings is 1. The van der Waals surface area contributed by atoms with Gasteiger partial charge in [-0.25, -0.2) is 0 Å². The number of aromatic nitrogens is 1. The summed E-state index contributed by atoms with van der Waals surface area (Å²) in [5.41, 5.74) is 3.12. The molecule has 1 aromatic heterocycles. The van der Waals surface area contributed by atoms with Crippen LogP contribution in [0.25, 0.3) is 0 Å². The molecule has 1 aromatic carbocycles. The minimum absolute atomic E-state index is 0.0618. The summed E-state index contributed by atoms with van der Waals surface area (Å²) in [6.45, 7) is 5.90. The molecule has 3 rings (SSSR count). The third kappa shape index (κ3) is 2.45. The van der Waals surface area contributed by atoms with Gasteiger partial charge in [0.25, 0.3) is 0 Å². The van der Waals surface area contributed by atoms with Crippen molar-refractivity contribution in [2.45, 2.75) is 32.9 Å². The number of rotatable bonds is 2. The molecule has 4 nitrogen and oxygen atoms in total. The molecule has 0 saturated carbocycles. The highest BCUT2D eigenvalue weighted by molar-refractivity contribution is 5.93. The molecule has 1 aliphatic heterocycles. The Kier molecular flexibility index (Phi) is 3.84. The maximum atomic E-state index is 12.1. The fraction of sp³-hybridized carbons (Fsp3) is 0.333. The van der Waals surface area contributed by atoms with Gasteiger partial charge in [0.05, 0.1) is 17.9 Å². The molecule has 1 aliphatic rings. The first kappa shape index (κ1) is 14.6. The van der Waals surface area contributed by atoms with Crippen molar-refractivity contribution in [3.8, 4) is 0 Å². The van der Waals surface area contributed by atoms with Gasteiger partial charge in [-0.15, -0.1) is 0 Å². The average molecular weight is 295 g/mol. The molecule has 0 fully saturated rings. The van der Waals surface area contributed by atoms with Crippen LogP contribution in [0.4, 0.5) is 11.4 Å². The molecule has 4 heteroatoms. The maximum Gasteiger partial charge on any atom is 0.224 e. The molecule has 0 saturated heterocycles. The lowest BCUT2D eigenvalue weighted by molar-refractivity contribution is -0.117. The normalized spacial score (nSPS) is 23.8. The van der Waals surface area contributed by atoms with Crippen LogP contribution in [0.1, 0.15) is 32.4 Å². The van der Waals surface area contributed by atoms with E-state index in [2.05, 4.69) is 36.3 Å². The van der Waals surface area contributed by atoms with Gasteiger partial charge in [0, 0.05) is 36.3 Å². The summed E-state index contributed by atoms with van der Waals surface area (Å²) in [6.07, 6.45) is 3.58. The van der Waals surface area contributed by atoms with Crippen LogP contribution in [-0.2, 0) is 4.79 Å². The van der Waals surface area contributed by atoms with Crippen molar-refractivity contribution >= 4 is 17.3 Å². The second-order valence-corrected chi connectivity index (χ2v) is 5.91. The van der Waals surface area contributed by atoms with Crippen LogP contribution < -0.4 is 10.2 Å². The monoisotopic (exact) mass is 295 g/mol. The molecule has 0 radical (unpaired) electrons. The molecular weight excluding hydrogens is 274 g/mol. The predicted molar refractivity (Wildman–Crippen MR) is 88.8 cm³/mol. The molecule has 22 heavy (non-hydrogen) atoms. The topological polar surface area (TPSA) is 45.2 Å². The van der Waals surface area contributed by atoms with Gasteiger partial charge in [0.1, 0.15) is 0 Å². The lowest BCUT2D eigenvalue weighted by atomic mass is 9.83. The van der Waals surface area contributed by atoms with Crippen molar-refractivity contribution in [2.24, 2.45) is 5.92 Å². The third-order valence-corrected chi connectivity index (χ3v) is 4.56. The molecule has 0 bridgehead atoms. The van der Waals surface area contributed by atoms with Gasteiger partial charge in [0.2, 0.25) is 5.91 Å². The van der Waals surface area contributed by atoms with Crippen LogP contribution in [-0.4, -0.2) is 16.9 Å². The zero-order valence-corrected chi connectivity index (χ0v) is 13.2. The number of carbonyl (C=O) groups is 1. The van der Waals surface area contributed by atoms with Crippen LogP contribution >= 0.6 is 0 Å². The quantitative estimate of drug-likeness (QED) is 0.920. The zero-order chi connectivity index (χ0) is 15.7. The first-order valence-electron chi connectivity index (χ1n) is 7.65. The molecular formula is C18H21N3O. The van der Waals surface area contributed by atoms with E-state index in [1.807, 2.05) is 29.2 Å². The van der Waals surface area contributed by atoms with Crippen molar-refractivity contribution in [1.82, 2.24) is 4.98 Å². The fourth-order valence-electron chi connectivity index (χ4n) is 3.26. The Morgan fingerprint density at radius 3 is 2.59 bits per heavy atom. The Morgan fingerprint density at radius 2 is 1.91 bits per heavy atom. The SMILES string of the molecule is CC(=O)N1c2cnccc2C(Nc2ccccc2)C(C)C1C. The van der Waals surface area contributed by atoms with Gasteiger partial charge in [-0.05, 0) is 25.1 Å². The minimum Gasteiger partial charge on any atom is -0.378 e. The average Bonchev–Trinajstić information content (AvgIpc) is 2.52. The number of benzene rings is 1. The Labute approximate surface area is 131 Å². The number of hydrogen-bond acceptors (Lipinski definition) is 3. The minimum atomic E-state index is 0.0618. The Hall–Kier alpha value is -2.36.